The molecule has 0 bridgehead atoms. The summed E-state index contributed by atoms with van der Waals surface area (Å²) in [7, 11) is -3.78. The predicted molar refractivity (Wildman–Crippen MR) is 118 cm³/mol. The molecule has 1 aliphatic carbocycles. The lowest BCUT2D eigenvalue weighted by molar-refractivity contribution is -0.122. The number of hydrogen-bond donors (Lipinski definition) is 1. The molecule has 8 heteroatoms. The van der Waals surface area contributed by atoms with Crippen molar-refractivity contribution >= 4 is 44.8 Å². The number of benzene rings is 2. The zero-order chi connectivity index (χ0) is 21.3. The maximum absolute atomic E-state index is 12.9. The first kappa shape index (κ1) is 21.9. The lowest BCUT2D eigenvalue weighted by Crippen LogP contribution is -2.48. The Bertz CT molecular complexity index is 1040. The molecule has 0 saturated carbocycles. The summed E-state index contributed by atoms with van der Waals surface area (Å²) in [6, 6.07) is 9.51. The first-order valence-electron chi connectivity index (χ1n) is 9.44. The molecule has 0 radical (unpaired) electrons. The maximum Gasteiger partial charge on any atom is 0.244 e. The molecule has 1 amide bonds. The molecule has 1 N–H and O–H groups in total. The number of hydrogen-bond acceptors (Lipinski definition) is 3. The van der Waals surface area contributed by atoms with Crippen LogP contribution in [0, 0.1) is 0 Å². The van der Waals surface area contributed by atoms with Crippen LogP contribution in [0.2, 0.25) is 10.0 Å². The topological polar surface area (TPSA) is 66.5 Å². The van der Waals surface area contributed by atoms with Crippen LogP contribution in [0.5, 0.6) is 0 Å². The highest BCUT2D eigenvalue weighted by Gasteiger charge is 2.31. The van der Waals surface area contributed by atoms with Gasteiger partial charge in [0.15, 0.2) is 0 Å². The molecule has 2 atom stereocenters. The molecule has 0 saturated heterocycles. The minimum absolute atomic E-state index is 0.175. The van der Waals surface area contributed by atoms with E-state index >= 15 is 0 Å². The molecule has 2 unspecified atom stereocenters. The second kappa shape index (κ2) is 8.54. The molecule has 5 nitrogen and oxygen atoms in total. The summed E-state index contributed by atoms with van der Waals surface area (Å²) in [5.74, 6) is -0.417. The van der Waals surface area contributed by atoms with E-state index in [2.05, 4.69) is 17.4 Å². The summed E-state index contributed by atoms with van der Waals surface area (Å²) in [6.45, 7) is 3.42. The molecule has 0 aliphatic heterocycles. The highest BCUT2D eigenvalue weighted by Crippen LogP contribution is 2.32. The van der Waals surface area contributed by atoms with Crippen molar-refractivity contribution in [2.24, 2.45) is 0 Å². The molecule has 1 aliphatic rings. The van der Waals surface area contributed by atoms with Gasteiger partial charge in [-0.15, -0.1) is 0 Å². The number of sulfonamides is 1. The highest BCUT2D eigenvalue weighted by atomic mass is 35.5. The Morgan fingerprint density at radius 1 is 1.07 bits per heavy atom. The molecule has 0 fully saturated rings. The Labute approximate surface area is 182 Å². The minimum Gasteiger partial charge on any atom is -0.348 e. The number of amides is 1. The lowest BCUT2D eigenvalue weighted by Gasteiger charge is -2.30. The third-order valence-electron chi connectivity index (χ3n) is 5.22. The van der Waals surface area contributed by atoms with Gasteiger partial charge in [0.25, 0.3) is 0 Å². The SMILES string of the molecule is CC(NC(=O)C(C)N(c1cc(Cl)ccc1Cl)S(C)(=O)=O)c1ccc2c(c1)CCC2. The monoisotopic (exact) mass is 454 g/mol. The molecule has 156 valence electrons. The van der Waals surface area contributed by atoms with Crippen molar-refractivity contribution in [3.63, 3.8) is 0 Å². The van der Waals surface area contributed by atoms with Gasteiger partial charge in [-0.25, -0.2) is 8.42 Å². The van der Waals surface area contributed by atoms with Crippen molar-refractivity contribution in [1.82, 2.24) is 5.32 Å². The molecular weight excluding hydrogens is 431 g/mol. The van der Waals surface area contributed by atoms with E-state index in [0.29, 0.717) is 5.02 Å². The first-order chi connectivity index (χ1) is 13.6. The van der Waals surface area contributed by atoms with Crippen molar-refractivity contribution in [3.05, 3.63) is 63.1 Å². The van der Waals surface area contributed by atoms with Crippen LogP contribution in [0.1, 0.15) is 43.0 Å². The molecule has 2 aromatic carbocycles. The van der Waals surface area contributed by atoms with Crippen molar-refractivity contribution in [1.29, 1.82) is 0 Å². The van der Waals surface area contributed by atoms with Crippen LogP contribution < -0.4 is 9.62 Å². The molecule has 3 rings (SSSR count). The van der Waals surface area contributed by atoms with Gasteiger partial charge in [-0.3, -0.25) is 9.10 Å². The van der Waals surface area contributed by atoms with Crippen LogP contribution in [0.15, 0.2) is 36.4 Å². The third-order valence-corrected chi connectivity index (χ3v) is 7.00. The van der Waals surface area contributed by atoms with Crippen LogP contribution >= 0.6 is 23.2 Å². The summed E-state index contributed by atoms with van der Waals surface area (Å²) < 4.78 is 25.9. The fourth-order valence-electron chi connectivity index (χ4n) is 3.71. The van der Waals surface area contributed by atoms with Gasteiger partial charge in [0.1, 0.15) is 6.04 Å². The fraction of sp³-hybridized carbons (Fsp3) is 0.381. The van der Waals surface area contributed by atoms with E-state index in [-0.39, 0.29) is 16.8 Å². The van der Waals surface area contributed by atoms with Gasteiger partial charge >= 0.3 is 0 Å². The molecule has 29 heavy (non-hydrogen) atoms. The average Bonchev–Trinajstić information content (AvgIpc) is 3.11. The fourth-order valence-corrected chi connectivity index (χ4v) is 5.32. The number of carbonyl (C=O) groups excluding carboxylic acids is 1. The summed E-state index contributed by atoms with van der Waals surface area (Å²) in [6.07, 6.45) is 4.34. The van der Waals surface area contributed by atoms with Gasteiger partial charge < -0.3 is 5.32 Å². The second-order valence-electron chi connectivity index (χ2n) is 7.44. The van der Waals surface area contributed by atoms with Crippen molar-refractivity contribution in [2.75, 3.05) is 10.6 Å². The molecule has 0 aromatic heterocycles. The number of nitrogens with zero attached hydrogens (tertiary/aromatic N) is 1. The van der Waals surface area contributed by atoms with Crippen molar-refractivity contribution in [2.45, 2.75) is 45.2 Å². The first-order valence-corrected chi connectivity index (χ1v) is 12.0. The quantitative estimate of drug-likeness (QED) is 0.697. The molecule has 0 spiro atoms. The summed E-state index contributed by atoms with van der Waals surface area (Å²) >= 11 is 12.2. The van der Waals surface area contributed by atoms with Gasteiger partial charge in [-0.05, 0) is 68.0 Å². The van der Waals surface area contributed by atoms with Gasteiger partial charge in [0.05, 0.1) is 23.0 Å². The summed E-state index contributed by atoms with van der Waals surface area (Å²) in [5.41, 5.74) is 3.85. The Morgan fingerprint density at radius 3 is 2.45 bits per heavy atom. The molecule has 0 heterocycles. The predicted octanol–water partition coefficient (Wildman–Crippen LogP) is 4.51. The van der Waals surface area contributed by atoms with E-state index in [1.165, 1.54) is 30.2 Å². The van der Waals surface area contributed by atoms with E-state index < -0.39 is 22.0 Å². The van der Waals surface area contributed by atoms with Gasteiger partial charge in [-0.2, -0.15) is 0 Å². The zero-order valence-electron chi connectivity index (χ0n) is 16.6. The number of carbonyl (C=O) groups is 1. The van der Waals surface area contributed by atoms with E-state index in [4.69, 9.17) is 23.2 Å². The minimum atomic E-state index is -3.78. The van der Waals surface area contributed by atoms with Crippen molar-refractivity contribution < 1.29 is 13.2 Å². The Balaban J connectivity index is 1.83. The number of fused-ring (bicyclic) bond motifs is 1. The van der Waals surface area contributed by atoms with Gasteiger partial charge in [0.2, 0.25) is 15.9 Å². The van der Waals surface area contributed by atoms with Crippen molar-refractivity contribution in [3.8, 4) is 0 Å². The normalized spacial score (nSPS) is 15.5. The van der Waals surface area contributed by atoms with E-state index in [1.54, 1.807) is 6.07 Å². The van der Waals surface area contributed by atoms with E-state index in [0.717, 1.165) is 35.4 Å². The summed E-state index contributed by atoms with van der Waals surface area (Å²) in [4.78, 5) is 12.9. The second-order valence-corrected chi connectivity index (χ2v) is 10.1. The molecule has 2 aromatic rings. The smallest absolute Gasteiger partial charge is 0.244 e. The zero-order valence-corrected chi connectivity index (χ0v) is 18.9. The standard InChI is InChI=1S/C21H24Cl2N2O3S/c1-13(16-8-7-15-5-4-6-17(15)11-16)24-21(26)14(2)25(29(3,27)28)20-12-18(22)9-10-19(20)23/h7-14H,4-6H2,1-3H3,(H,24,26). The van der Waals surface area contributed by atoms with Crippen LogP contribution in [0.25, 0.3) is 0 Å². The Kier molecular flexibility index (Phi) is 6.46. The number of anilines is 1. The Hall–Kier alpha value is -1.76. The van der Waals surface area contributed by atoms with Crippen LogP contribution in [0.3, 0.4) is 0 Å². The number of halogens is 2. The van der Waals surface area contributed by atoms with Gasteiger partial charge in [-0.1, -0.05) is 41.4 Å². The van der Waals surface area contributed by atoms with Crippen LogP contribution in [-0.2, 0) is 27.7 Å². The van der Waals surface area contributed by atoms with Crippen LogP contribution in [-0.4, -0.2) is 26.6 Å². The number of rotatable bonds is 6. The third kappa shape index (κ3) is 4.87. The molecular formula is C21H24Cl2N2O3S. The largest absolute Gasteiger partial charge is 0.348 e. The Morgan fingerprint density at radius 2 is 1.76 bits per heavy atom. The summed E-state index contributed by atoms with van der Waals surface area (Å²) in [5, 5.41) is 3.45. The lowest BCUT2D eigenvalue weighted by atomic mass is 10.0. The average molecular weight is 455 g/mol. The highest BCUT2D eigenvalue weighted by molar-refractivity contribution is 7.92. The van der Waals surface area contributed by atoms with Crippen LogP contribution in [0.4, 0.5) is 5.69 Å². The van der Waals surface area contributed by atoms with E-state index in [9.17, 15) is 13.2 Å². The van der Waals surface area contributed by atoms with E-state index in [1.807, 2.05) is 13.0 Å². The maximum atomic E-state index is 12.9. The van der Waals surface area contributed by atoms with Gasteiger partial charge in [0, 0.05) is 5.02 Å². The number of aryl methyl sites for hydroxylation is 2. The number of nitrogens with one attached hydrogen (secondary N) is 1.